The van der Waals surface area contributed by atoms with Crippen molar-refractivity contribution in [2.24, 2.45) is 5.92 Å². The zero-order chi connectivity index (χ0) is 13.1. The second-order valence-corrected chi connectivity index (χ2v) is 4.42. The number of amides is 1. The van der Waals surface area contributed by atoms with Crippen LogP contribution in [0.3, 0.4) is 0 Å². The molecule has 5 nitrogen and oxygen atoms in total. The number of hydrogen-bond acceptors (Lipinski definition) is 4. The number of carbonyl (C=O) groups excluding carboxylic acids is 2. The second-order valence-electron chi connectivity index (χ2n) is 4.42. The summed E-state index contributed by atoms with van der Waals surface area (Å²) in [6.07, 6.45) is 1.97. The van der Waals surface area contributed by atoms with Crippen molar-refractivity contribution in [1.29, 1.82) is 0 Å². The van der Waals surface area contributed by atoms with Crippen LogP contribution in [0.4, 0.5) is 0 Å². The van der Waals surface area contributed by atoms with Crippen molar-refractivity contribution in [2.75, 3.05) is 7.11 Å². The van der Waals surface area contributed by atoms with Crippen LogP contribution in [0.1, 0.15) is 34.6 Å². The van der Waals surface area contributed by atoms with Gasteiger partial charge in [-0.2, -0.15) is 0 Å². The fourth-order valence-corrected chi connectivity index (χ4v) is 1.70. The van der Waals surface area contributed by atoms with Crippen LogP contribution >= 0.6 is 0 Å². The van der Waals surface area contributed by atoms with Crippen LogP contribution < -0.4 is 5.32 Å². The molecule has 0 aromatic carbocycles. The summed E-state index contributed by atoms with van der Waals surface area (Å²) in [4.78, 5) is 27.1. The number of rotatable bonds is 4. The van der Waals surface area contributed by atoms with Crippen LogP contribution in [-0.4, -0.2) is 24.0 Å². The van der Waals surface area contributed by atoms with Crippen LogP contribution in [0.25, 0.3) is 0 Å². The molecule has 1 amide bonds. The number of nitrogens with one attached hydrogen (secondary N) is 1. The van der Waals surface area contributed by atoms with Gasteiger partial charge in [-0.3, -0.25) is 9.78 Å². The first-order valence-electron chi connectivity index (χ1n) is 5.94. The smallest absolute Gasteiger partial charge is 0.339 e. The van der Waals surface area contributed by atoms with Crippen LogP contribution in [0.2, 0.25) is 0 Å². The van der Waals surface area contributed by atoms with E-state index in [-0.39, 0.29) is 11.8 Å². The first-order chi connectivity index (χ1) is 8.61. The molecule has 1 fully saturated rings. The summed E-state index contributed by atoms with van der Waals surface area (Å²) in [6.45, 7) is 2.15. The van der Waals surface area contributed by atoms with E-state index in [1.165, 1.54) is 7.11 Å². The predicted molar refractivity (Wildman–Crippen MR) is 64.9 cm³/mol. The molecule has 1 heterocycles. The zero-order valence-corrected chi connectivity index (χ0v) is 10.5. The quantitative estimate of drug-likeness (QED) is 0.813. The minimum absolute atomic E-state index is 0.0893. The lowest BCUT2D eigenvalue weighted by molar-refractivity contribution is -0.122. The highest BCUT2D eigenvalue weighted by Gasteiger charge is 2.29. The second kappa shape index (κ2) is 5.16. The van der Waals surface area contributed by atoms with E-state index in [4.69, 9.17) is 0 Å². The summed E-state index contributed by atoms with van der Waals surface area (Å²) in [5.74, 6) is -0.111. The molecule has 0 spiro atoms. The molecule has 1 aromatic rings. The maximum atomic E-state index is 11.5. The Morgan fingerprint density at radius 1 is 1.44 bits per heavy atom. The molecule has 0 aliphatic heterocycles. The van der Waals surface area contributed by atoms with Crippen LogP contribution in [-0.2, 0) is 16.1 Å². The number of methoxy groups -OCH3 is 1. The SMILES string of the molecule is COC(=O)c1ccc(CNC(=O)C2CC2)nc1C. The number of esters is 1. The normalized spacial score (nSPS) is 14.1. The number of carbonyl (C=O) groups is 2. The van der Waals surface area contributed by atoms with Crippen molar-refractivity contribution < 1.29 is 14.3 Å². The van der Waals surface area contributed by atoms with E-state index < -0.39 is 5.97 Å². The Hall–Kier alpha value is -1.91. The van der Waals surface area contributed by atoms with Gasteiger partial charge in [-0.25, -0.2) is 4.79 Å². The van der Waals surface area contributed by atoms with Gasteiger partial charge in [0.15, 0.2) is 0 Å². The predicted octanol–water partition coefficient (Wildman–Crippen LogP) is 1.20. The third kappa shape index (κ3) is 2.85. The standard InChI is InChI=1S/C13H16N2O3/c1-8-11(13(17)18-2)6-5-10(15-8)7-14-12(16)9-3-4-9/h5-6,9H,3-4,7H2,1-2H3,(H,14,16). The first-order valence-corrected chi connectivity index (χ1v) is 5.94. The number of aryl methyl sites for hydroxylation is 1. The van der Waals surface area contributed by atoms with E-state index >= 15 is 0 Å². The van der Waals surface area contributed by atoms with Crippen molar-refractivity contribution in [2.45, 2.75) is 26.3 Å². The van der Waals surface area contributed by atoms with Gasteiger partial charge in [0.2, 0.25) is 5.91 Å². The Balaban J connectivity index is 1.99. The summed E-state index contributed by atoms with van der Waals surface area (Å²) in [5.41, 5.74) is 1.81. The molecule has 18 heavy (non-hydrogen) atoms. The summed E-state index contributed by atoms with van der Waals surface area (Å²) in [6, 6.07) is 3.40. The van der Waals surface area contributed by atoms with Crippen molar-refractivity contribution in [1.82, 2.24) is 10.3 Å². The van der Waals surface area contributed by atoms with E-state index in [0.29, 0.717) is 17.8 Å². The first kappa shape index (κ1) is 12.5. The molecule has 0 bridgehead atoms. The van der Waals surface area contributed by atoms with E-state index in [0.717, 1.165) is 18.5 Å². The molecule has 5 heteroatoms. The molecule has 0 saturated heterocycles. The van der Waals surface area contributed by atoms with Crippen LogP contribution in [0, 0.1) is 12.8 Å². The molecule has 1 aromatic heterocycles. The van der Waals surface area contributed by atoms with E-state index in [9.17, 15) is 9.59 Å². The summed E-state index contributed by atoms with van der Waals surface area (Å²) in [5, 5.41) is 2.83. The Bertz CT molecular complexity index is 481. The van der Waals surface area contributed by atoms with Gasteiger partial charge in [0, 0.05) is 5.92 Å². The third-order valence-corrected chi connectivity index (χ3v) is 2.94. The highest BCUT2D eigenvalue weighted by Crippen LogP contribution is 2.28. The van der Waals surface area contributed by atoms with Crippen molar-refractivity contribution in [3.05, 3.63) is 29.1 Å². The van der Waals surface area contributed by atoms with Gasteiger partial charge in [0.1, 0.15) is 0 Å². The number of ether oxygens (including phenoxy) is 1. The maximum Gasteiger partial charge on any atom is 0.339 e. The molecule has 96 valence electrons. The Labute approximate surface area is 106 Å². The van der Waals surface area contributed by atoms with Gasteiger partial charge in [-0.05, 0) is 31.9 Å². The molecule has 0 unspecified atom stereocenters. The van der Waals surface area contributed by atoms with Crippen molar-refractivity contribution in [3.8, 4) is 0 Å². The Morgan fingerprint density at radius 2 is 2.17 bits per heavy atom. The van der Waals surface area contributed by atoms with E-state index in [2.05, 4.69) is 15.0 Å². The fraction of sp³-hybridized carbons (Fsp3) is 0.462. The average Bonchev–Trinajstić information content (AvgIpc) is 3.19. The van der Waals surface area contributed by atoms with Gasteiger partial charge in [0.25, 0.3) is 0 Å². The number of pyridine rings is 1. The van der Waals surface area contributed by atoms with E-state index in [1.54, 1.807) is 19.1 Å². The monoisotopic (exact) mass is 248 g/mol. The Kier molecular flexibility index (Phi) is 3.60. The molecule has 1 saturated carbocycles. The molecule has 0 radical (unpaired) electrons. The highest BCUT2D eigenvalue weighted by atomic mass is 16.5. The van der Waals surface area contributed by atoms with Crippen molar-refractivity contribution >= 4 is 11.9 Å². The summed E-state index contributed by atoms with van der Waals surface area (Å²) < 4.78 is 4.65. The molecule has 2 rings (SSSR count). The van der Waals surface area contributed by atoms with Crippen molar-refractivity contribution in [3.63, 3.8) is 0 Å². The molecule has 0 atom stereocenters. The minimum Gasteiger partial charge on any atom is -0.465 e. The molecule has 1 N–H and O–H groups in total. The van der Waals surface area contributed by atoms with Crippen LogP contribution in [0.5, 0.6) is 0 Å². The topological polar surface area (TPSA) is 68.3 Å². The summed E-state index contributed by atoms with van der Waals surface area (Å²) >= 11 is 0. The zero-order valence-electron chi connectivity index (χ0n) is 10.5. The molecular formula is C13H16N2O3. The molecular weight excluding hydrogens is 232 g/mol. The third-order valence-electron chi connectivity index (χ3n) is 2.94. The molecule has 1 aliphatic rings. The van der Waals surface area contributed by atoms with E-state index in [1.807, 2.05) is 0 Å². The number of nitrogens with zero attached hydrogens (tertiary/aromatic N) is 1. The summed E-state index contributed by atoms with van der Waals surface area (Å²) in [7, 11) is 1.34. The maximum absolute atomic E-state index is 11.5. The lowest BCUT2D eigenvalue weighted by Crippen LogP contribution is -2.24. The fourth-order valence-electron chi connectivity index (χ4n) is 1.70. The van der Waals surface area contributed by atoms with Gasteiger partial charge in [-0.1, -0.05) is 0 Å². The van der Waals surface area contributed by atoms with Gasteiger partial charge >= 0.3 is 5.97 Å². The van der Waals surface area contributed by atoms with Gasteiger partial charge in [-0.15, -0.1) is 0 Å². The minimum atomic E-state index is -0.395. The molecule has 1 aliphatic carbocycles. The Morgan fingerprint density at radius 3 is 2.72 bits per heavy atom. The van der Waals surface area contributed by atoms with Gasteiger partial charge in [0.05, 0.1) is 30.6 Å². The lowest BCUT2D eigenvalue weighted by Gasteiger charge is -2.07. The largest absolute Gasteiger partial charge is 0.465 e. The number of hydrogen-bond donors (Lipinski definition) is 1. The van der Waals surface area contributed by atoms with Crippen LogP contribution in [0.15, 0.2) is 12.1 Å². The highest BCUT2D eigenvalue weighted by molar-refractivity contribution is 5.90. The lowest BCUT2D eigenvalue weighted by atomic mass is 10.2. The number of aromatic nitrogens is 1. The average molecular weight is 248 g/mol. The van der Waals surface area contributed by atoms with Gasteiger partial charge < -0.3 is 10.1 Å².